The summed E-state index contributed by atoms with van der Waals surface area (Å²) < 4.78 is 0. The van der Waals surface area contributed by atoms with Gasteiger partial charge < -0.3 is 5.32 Å². The molecule has 1 heterocycles. The quantitative estimate of drug-likeness (QED) is 0.749. The van der Waals surface area contributed by atoms with Gasteiger partial charge in [-0.05, 0) is 45.6 Å². The van der Waals surface area contributed by atoms with Gasteiger partial charge in [-0.2, -0.15) is 0 Å². The molecule has 2 nitrogen and oxygen atoms in total. The summed E-state index contributed by atoms with van der Waals surface area (Å²) in [6.07, 6.45) is 3.98. The first-order valence-electron chi connectivity index (χ1n) is 7.05. The largest absolute Gasteiger partial charge is 0.313 e. The SMILES string of the molecule is CCC(C(C)C)N(CC1CCCN1)C(C)C. The zero-order valence-electron chi connectivity index (χ0n) is 11.8. The molecule has 0 amide bonds. The fourth-order valence-electron chi connectivity index (χ4n) is 2.99. The minimum atomic E-state index is 0.662. The van der Waals surface area contributed by atoms with Crippen molar-refractivity contribution in [1.29, 1.82) is 0 Å². The van der Waals surface area contributed by atoms with Crippen LogP contribution >= 0.6 is 0 Å². The third kappa shape index (κ3) is 3.74. The van der Waals surface area contributed by atoms with Crippen molar-refractivity contribution in [3.05, 3.63) is 0 Å². The van der Waals surface area contributed by atoms with Crippen LogP contribution in [0, 0.1) is 5.92 Å². The highest BCUT2D eigenvalue weighted by atomic mass is 15.2. The molecule has 1 N–H and O–H groups in total. The molecule has 0 radical (unpaired) electrons. The summed E-state index contributed by atoms with van der Waals surface area (Å²) in [4.78, 5) is 2.70. The Hall–Kier alpha value is -0.0800. The smallest absolute Gasteiger partial charge is 0.0195 e. The molecule has 2 unspecified atom stereocenters. The molecule has 0 aromatic rings. The predicted octanol–water partition coefficient (Wildman–Crippen LogP) is 2.88. The standard InChI is InChI=1S/C14H30N2/c1-6-14(11(2)3)16(12(4)5)10-13-8-7-9-15-13/h11-15H,6-10H2,1-5H3. The fourth-order valence-corrected chi connectivity index (χ4v) is 2.99. The fraction of sp³-hybridized carbons (Fsp3) is 1.00. The third-order valence-corrected chi connectivity index (χ3v) is 3.87. The molecule has 0 aliphatic carbocycles. The molecule has 16 heavy (non-hydrogen) atoms. The topological polar surface area (TPSA) is 15.3 Å². The first-order chi connectivity index (χ1) is 7.56. The lowest BCUT2D eigenvalue weighted by Crippen LogP contribution is -2.48. The van der Waals surface area contributed by atoms with Crippen LogP contribution in [0.25, 0.3) is 0 Å². The third-order valence-electron chi connectivity index (χ3n) is 3.87. The summed E-state index contributed by atoms with van der Waals surface area (Å²) in [6.45, 7) is 14.1. The Morgan fingerprint density at radius 3 is 2.31 bits per heavy atom. The van der Waals surface area contributed by atoms with E-state index in [1.807, 2.05) is 0 Å². The molecule has 2 atom stereocenters. The maximum Gasteiger partial charge on any atom is 0.0195 e. The minimum absolute atomic E-state index is 0.662. The molecule has 0 spiro atoms. The number of hydrogen-bond acceptors (Lipinski definition) is 2. The van der Waals surface area contributed by atoms with E-state index in [2.05, 4.69) is 44.8 Å². The summed E-state index contributed by atoms with van der Waals surface area (Å²) in [5.74, 6) is 0.758. The van der Waals surface area contributed by atoms with Crippen LogP contribution in [-0.4, -0.2) is 36.1 Å². The Morgan fingerprint density at radius 1 is 1.25 bits per heavy atom. The maximum absolute atomic E-state index is 3.62. The average Bonchev–Trinajstić information content (AvgIpc) is 2.69. The maximum atomic E-state index is 3.62. The van der Waals surface area contributed by atoms with E-state index in [9.17, 15) is 0 Å². The lowest BCUT2D eigenvalue weighted by Gasteiger charge is -2.38. The zero-order chi connectivity index (χ0) is 12.1. The second-order valence-electron chi connectivity index (χ2n) is 5.80. The van der Waals surface area contributed by atoms with Crippen LogP contribution in [0.5, 0.6) is 0 Å². The van der Waals surface area contributed by atoms with Gasteiger partial charge in [-0.3, -0.25) is 4.90 Å². The molecule has 0 aromatic carbocycles. The van der Waals surface area contributed by atoms with E-state index in [1.165, 1.54) is 32.4 Å². The second kappa shape index (κ2) is 6.61. The summed E-state index contributed by atoms with van der Waals surface area (Å²) >= 11 is 0. The van der Waals surface area contributed by atoms with Crippen LogP contribution in [0.1, 0.15) is 53.9 Å². The zero-order valence-corrected chi connectivity index (χ0v) is 11.8. The van der Waals surface area contributed by atoms with Gasteiger partial charge in [0.15, 0.2) is 0 Å². The molecule has 1 rings (SSSR count). The predicted molar refractivity (Wildman–Crippen MR) is 71.8 cm³/mol. The van der Waals surface area contributed by atoms with Crippen LogP contribution in [0.3, 0.4) is 0 Å². The van der Waals surface area contributed by atoms with Crippen molar-refractivity contribution < 1.29 is 0 Å². The summed E-state index contributed by atoms with van der Waals surface area (Å²) in [6, 6.07) is 2.13. The molecule has 1 aliphatic rings. The van der Waals surface area contributed by atoms with E-state index >= 15 is 0 Å². The lowest BCUT2D eigenvalue weighted by molar-refractivity contribution is 0.103. The van der Waals surface area contributed by atoms with Crippen molar-refractivity contribution in [2.24, 2.45) is 5.92 Å². The van der Waals surface area contributed by atoms with Gasteiger partial charge in [0.1, 0.15) is 0 Å². The Labute approximate surface area is 102 Å². The highest BCUT2D eigenvalue weighted by Gasteiger charge is 2.26. The normalized spacial score (nSPS) is 23.6. The van der Waals surface area contributed by atoms with Gasteiger partial charge in [0.2, 0.25) is 0 Å². The van der Waals surface area contributed by atoms with Crippen LogP contribution in [0.2, 0.25) is 0 Å². The van der Waals surface area contributed by atoms with Gasteiger partial charge in [-0.15, -0.1) is 0 Å². The lowest BCUT2D eigenvalue weighted by atomic mass is 9.97. The summed E-state index contributed by atoms with van der Waals surface area (Å²) in [5.41, 5.74) is 0. The van der Waals surface area contributed by atoms with Crippen molar-refractivity contribution in [3.8, 4) is 0 Å². The Balaban J connectivity index is 2.57. The molecule has 0 saturated carbocycles. The van der Waals surface area contributed by atoms with Crippen LogP contribution in [-0.2, 0) is 0 Å². The van der Waals surface area contributed by atoms with E-state index < -0.39 is 0 Å². The highest BCUT2D eigenvalue weighted by Crippen LogP contribution is 2.19. The first kappa shape index (κ1) is 14.0. The van der Waals surface area contributed by atoms with Crippen LogP contribution < -0.4 is 5.32 Å². The molecular formula is C14H30N2. The van der Waals surface area contributed by atoms with E-state index in [4.69, 9.17) is 0 Å². The minimum Gasteiger partial charge on any atom is -0.313 e. The number of nitrogens with zero attached hydrogens (tertiary/aromatic N) is 1. The molecule has 0 bridgehead atoms. The Morgan fingerprint density at radius 2 is 1.94 bits per heavy atom. The monoisotopic (exact) mass is 226 g/mol. The van der Waals surface area contributed by atoms with Crippen molar-refractivity contribution in [2.45, 2.75) is 72.0 Å². The van der Waals surface area contributed by atoms with Crippen molar-refractivity contribution in [3.63, 3.8) is 0 Å². The van der Waals surface area contributed by atoms with Gasteiger partial charge >= 0.3 is 0 Å². The number of hydrogen-bond donors (Lipinski definition) is 1. The van der Waals surface area contributed by atoms with Gasteiger partial charge in [-0.25, -0.2) is 0 Å². The Kier molecular flexibility index (Phi) is 5.77. The Bertz CT molecular complexity index is 183. The molecule has 1 aliphatic heterocycles. The summed E-state index contributed by atoms with van der Waals surface area (Å²) in [5, 5.41) is 3.62. The van der Waals surface area contributed by atoms with Gasteiger partial charge in [0, 0.05) is 24.7 Å². The first-order valence-corrected chi connectivity index (χ1v) is 7.05. The van der Waals surface area contributed by atoms with Crippen molar-refractivity contribution in [1.82, 2.24) is 10.2 Å². The molecule has 2 heteroatoms. The number of nitrogens with one attached hydrogen (secondary N) is 1. The molecule has 96 valence electrons. The van der Waals surface area contributed by atoms with E-state index in [0.29, 0.717) is 6.04 Å². The van der Waals surface area contributed by atoms with E-state index in [1.54, 1.807) is 0 Å². The highest BCUT2D eigenvalue weighted by molar-refractivity contribution is 4.83. The molecular weight excluding hydrogens is 196 g/mol. The average molecular weight is 226 g/mol. The molecule has 1 saturated heterocycles. The van der Waals surface area contributed by atoms with Crippen molar-refractivity contribution >= 4 is 0 Å². The van der Waals surface area contributed by atoms with Crippen molar-refractivity contribution in [2.75, 3.05) is 13.1 Å². The van der Waals surface area contributed by atoms with Crippen LogP contribution in [0.15, 0.2) is 0 Å². The van der Waals surface area contributed by atoms with E-state index in [-0.39, 0.29) is 0 Å². The van der Waals surface area contributed by atoms with E-state index in [0.717, 1.165) is 18.0 Å². The van der Waals surface area contributed by atoms with Crippen LogP contribution in [0.4, 0.5) is 0 Å². The molecule has 1 fully saturated rings. The van der Waals surface area contributed by atoms with Gasteiger partial charge in [0.25, 0.3) is 0 Å². The summed E-state index contributed by atoms with van der Waals surface area (Å²) in [7, 11) is 0. The second-order valence-corrected chi connectivity index (χ2v) is 5.80. The molecule has 0 aromatic heterocycles. The number of rotatable bonds is 6. The van der Waals surface area contributed by atoms with Gasteiger partial charge in [0.05, 0.1) is 0 Å². The van der Waals surface area contributed by atoms with Gasteiger partial charge in [-0.1, -0.05) is 20.8 Å².